The smallest absolute Gasteiger partial charge is 0.354 e. The van der Waals surface area contributed by atoms with Crippen LogP contribution in [0.2, 0.25) is 0 Å². The van der Waals surface area contributed by atoms with Gasteiger partial charge in [0.05, 0.1) is 25.4 Å². The van der Waals surface area contributed by atoms with Crippen molar-refractivity contribution in [3.05, 3.63) is 35.4 Å². The minimum absolute atomic E-state index is 0.105. The molecule has 0 bridgehead atoms. The van der Waals surface area contributed by atoms with Crippen LogP contribution >= 0.6 is 0 Å². The molecule has 0 saturated carbocycles. The zero-order chi connectivity index (χ0) is 16.6. The van der Waals surface area contributed by atoms with Crippen molar-refractivity contribution < 1.29 is 17.9 Å². The van der Waals surface area contributed by atoms with Crippen molar-refractivity contribution in [2.45, 2.75) is 31.8 Å². The normalized spacial score (nSPS) is 15.4. The van der Waals surface area contributed by atoms with Crippen molar-refractivity contribution in [2.24, 2.45) is 0 Å². The van der Waals surface area contributed by atoms with Crippen LogP contribution in [0.4, 0.5) is 0 Å². The summed E-state index contributed by atoms with van der Waals surface area (Å²) in [5.74, 6) is -0.561. The first-order chi connectivity index (χ1) is 10.9. The van der Waals surface area contributed by atoms with E-state index >= 15 is 0 Å². The van der Waals surface area contributed by atoms with E-state index in [1.165, 1.54) is 10.4 Å². The van der Waals surface area contributed by atoms with Crippen molar-refractivity contribution in [3.8, 4) is 0 Å². The number of aromatic nitrogens is 3. The van der Waals surface area contributed by atoms with Gasteiger partial charge in [0.2, 0.25) is 10.0 Å². The number of esters is 1. The van der Waals surface area contributed by atoms with Crippen molar-refractivity contribution >= 4 is 16.0 Å². The van der Waals surface area contributed by atoms with E-state index in [1.54, 1.807) is 30.8 Å². The third-order valence-electron chi connectivity index (χ3n) is 3.78. The number of H-pyrrole nitrogens is 1. The van der Waals surface area contributed by atoms with Crippen LogP contribution in [0.5, 0.6) is 0 Å². The molecule has 0 unspecified atom stereocenters. The molecule has 0 saturated heterocycles. The van der Waals surface area contributed by atoms with Crippen LogP contribution < -0.4 is 0 Å². The third-order valence-corrected chi connectivity index (χ3v) is 5.76. The summed E-state index contributed by atoms with van der Waals surface area (Å²) in [6.07, 6.45) is 1.66. The Bertz CT molecular complexity index is 837. The second-order valence-electron chi connectivity index (χ2n) is 5.28. The molecule has 23 heavy (non-hydrogen) atoms. The highest BCUT2D eigenvalue weighted by atomic mass is 32.2. The van der Waals surface area contributed by atoms with Gasteiger partial charge in [0.1, 0.15) is 10.6 Å². The summed E-state index contributed by atoms with van der Waals surface area (Å²) in [5, 5.41) is 4.14. The van der Waals surface area contributed by atoms with Crippen LogP contribution in [0.1, 0.15) is 28.8 Å². The van der Waals surface area contributed by atoms with Gasteiger partial charge in [-0.3, -0.25) is 4.68 Å². The van der Waals surface area contributed by atoms with E-state index in [1.807, 2.05) is 0 Å². The maximum Gasteiger partial charge on any atom is 0.354 e. The largest absolute Gasteiger partial charge is 0.461 e. The van der Waals surface area contributed by atoms with E-state index < -0.39 is 16.0 Å². The summed E-state index contributed by atoms with van der Waals surface area (Å²) < 4.78 is 33.8. The standard InChI is InChI=1S/C14H18N4O4S/c1-3-22-14(19)12-8-13(10(2)16-12)23(20,21)17-6-7-18-11(9-17)4-5-15-18/h4-5,8,16H,3,6-7,9H2,1-2H3. The van der Waals surface area contributed by atoms with Gasteiger partial charge >= 0.3 is 5.97 Å². The lowest BCUT2D eigenvalue weighted by Crippen LogP contribution is -2.38. The molecule has 0 amide bonds. The molecule has 2 aromatic rings. The number of carbonyl (C=O) groups excluding carboxylic acids is 1. The van der Waals surface area contributed by atoms with Crippen LogP contribution in [-0.2, 0) is 27.8 Å². The zero-order valence-electron chi connectivity index (χ0n) is 12.9. The molecule has 2 aromatic heterocycles. The maximum atomic E-state index is 12.9. The molecule has 3 rings (SSSR count). The first-order valence-corrected chi connectivity index (χ1v) is 8.75. The Kier molecular flexibility index (Phi) is 3.99. The van der Waals surface area contributed by atoms with E-state index in [2.05, 4.69) is 10.1 Å². The van der Waals surface area contributed by atoms with Crippen molar-refractivity contribution in [2.75, 3.05) is 13.2 Å². The molecule has 0 atom stereocenters. The van der Waals surface area contributed by atoms with Crippen LogP contribution in [0, 0.1) is 6.92 Å². The van der Waals surface area contributed by atoms with Gasteiger partial charge in [-0.1, -0.05) is 0 Å². The summed E-state index contributed by atoms with van der Waals surface area (Å²) in [5.41, 5.74) is 1.41. The molecule has 1 aliphatic rings. The van der Waals surface area contributed by atoms with Gasteiger partial charge in [-0.2, -0.15) is 9.40 Å². The lowest BCUT2D eigenvalue weighted by molar-refractivity contribution is 0.0520. The first-order valence-electron chi connectivity index (χ1n) is 7.31. The summed E-state index contributed by atoms with van der Waals surface area (Å²) in [7, 11) is -3.69. The molecular formula is C14H18N4O4S. The topological polar surface area (TPSA) is 97.3 Å². The molecule has 0 radical (unpaired) electrons. The SMILES string of the molecule is CCOC(=O)c1cc(S(=O)(=O)N2CCn3nccc3C2)c(C)[nH]1. The quantitative estimate of drug-likeness (QED) is 0.836. The molecule has 124 valence electrons. The minimum Gasteiger partial charge on any atom is -0.461 e. The average molecular weight is 338 g/mol. The second kappa shape index (κ2) is 5.82. The number of rotatable bonds is 4. The fraction of sp³-hybridized carbons (Fsp3) is 0.429. The van der Waals surface area contributed by atoms with Crippen molar-refractivity contribution in [1.29, 1.82) is 0 Å². The Morgan fingerprint density at radius 2 is 2.22 bits per heavy atom. The number of hydrogen-bond donors (Lipinski definition) is 1. The number of hydrogen-bond acceptors (Lipinski definition) is 5. The van der Waals surface area contributed by atoms with E-state index in [0.29, 0.717) is 18.8 Å². The predicted octanol–water partition coefficient (Wildman–Crippen LogP) is 0.901. The number of fused-ring (bicyclic) bond motifs is 1. The second-order valence-corrected chi connectivity index (χ2v) is 7.18. The molecule has 0 fully saturated rings. The van der Waals surface area contributed by atoms with Crippen LogP contribution in [-0.4, -0.2) is 46.6 Å². The molecule has 0 aromatic carbocycles. The molecule has 0 aliphatic carbocycles. The minimum atomic E-state index is -3.69. The Balaban J connectivity index is 1.90. The fourth-order valence-corrected chi connectivity index (χ4v) is 4.24. The summed E-state index contributed by atoms with van der Waals surface area (Å²) in [6.45, 7) is 4.68. The zero-order valence-corrected chi connectivity index (χ0v) is 13.8. The van der Waals surface area contributed by atoms with Gasteiger partial charge in [0, 0.05) is 18.4 Å². The van der Waals surface area contributed by atoms with Gasteiger partial charge in [0.25, 0.3) is 0 Å². The third kappa shape index (κ3) is 2.77. The molecule has 9 heteroatoms. The van der Waals surface area contributed by atoms with E-state index in [0.717, 1.165) is 5.69 Å². The Hall–Kier alpha value is -2.13. The Labute approximate surface area is 134 Å². The molecule has 8 nitrogen and oxygen atoms in total. The lowest BCUT2D eigenvalue weighted by atomic mass is 10.3. The van der Waals surface area contributed by atoms with Crippen LogP contribution in [0.25, 0.3) is 0 Å². The summed E-state index contributed by atoms with van der Waals surface area (Å²) in [4.78, 5) is 14.7. The van der Waals surface area contributed by atoms with Gasteiger partial charge in [0.15, 0.2) is 0 Å². The summed E-state index contributed by atoms with van der Waals surface area (Å²) >= 11 is 0. The Morgan fingerprint density at radius 3 is 2.96 bits per heavy atom. The number of sulfonamides is 1. The van der Waals surface area contributed by atoms with Gasteiger partial charge in [-0.15, -0.1) is 0 Å². The molecule has 3 heterocycles. The average Bonchev–Trinajstić information content (AvgIpc) is 3.13. The Morgan fingerprint density at radius 1 is 1.43 bits per heavy atom. The van der Waals surface area contributed by atoms with Crippen LogP contribution in [0.15, 0.2) is 23.2 Å². The first kappa shape index (κ1) is 15.8. The molecule has 1 N–H and O–H groups in total. The number of aryl methyl sites for hydroxylation is 1. The highest BCUT2D eigenvalue weighted by molar-refractivity contribution is 7.89. The highest BCUT2D eigenvalue weighted by Crippen LogP contribution is 2.25. The fourth-order valence-electron chi connectivity index (χ4n) is 2.63. The predicted molar refractivity (Wildman–Crippen MR) is 81.3 cm³/mol. The number of carbonyl (C=O) groups is 1. The molecular weight excluding hydrogens is 320 g/mol. The number of nitrogens with zero attached hydrogens (tertiary/aromatic N) is 3. The monoisotopic (exact) mass is 338 g/mol. The van der Waals surface area contributed by atoms with Gasteiger partial charge < -0.3 is 9.72 Å². The number of aromatic amines is 1. The molecule has 0 spiro atoms. The van der Waals surface area contributed by atoms with E-state index in [9.17, 15) is 13.2 Å². The van der Waals surface area contributed by atoms with Gasteiger partial charge in [-0.25, -0.2) is 13.2 Å². The lowest BCUT2D eigenvalue weighted by Gasteiger charge is -2.26. The van der Waals surface area contributed by atoms with Crippen molar-refractivity contribution in [1.82, 2.24) is 19.1 Å². The maximum absolute atomic E-state index is 12.9. The highest BCUT2D eigenvalue weighted by Gasteiger charge is 2.31. The van der Waals surface area contributed by atoms with Gasteiger partial charge in [-0.05, 0) is 26.0 Å². The molecule has 1 aliphatic heterocycles. The van der Waals surface area contributed by atoms with Crippen LogP contribution in [0.3, 0.4) is 0 Å². The van der Waals surface area contributed by atoms with E-state index in [4.69, 9.17) is 4.74 Å². The van der Waals surface area contributed by atoms with E-state index in [-0.39, 0.29) is 23.7 Å². The summed E-state index contributed by atoms with van der Waals surface area (Å²) in [6, 6.07) is 3.14. The number of nitrogens with one attached hydrogen (secondary N) is 1. The number of ether oxygens (including phenoxy) is 1. The van der Waals surface area contributed by atoms with Crippen molar-refractivity contribution in [3.63, 3.8) is 0 Å².